The molecule has 0 atom stereocenters. The third-order valence-corrected chi connectivity index (χ3v) is 3.22. The summed E-state index contributed by atoms with van der Waals surface area (Å²) in [5, 5.41) is 11.6. The van der Waals surface area contributed by atoms with Crippen LogP contribution in [0.2, 0.25) is 0 Å². The number of nitriles is 1. The van der Waals surface area contributed by atoms with E-state index in [0.29, 0.717) is 5.95 Å². The number of anilines is 2. The molecular formula is C12H15N5OS. The van der Waals surface area contributed by atoms with Crippen LogP contribution >= 0.6 is 12.6 Å². The van der Waals surface area contributed by atoms with Gasteiger partial charge in [0.15, 0.2) is 5.82 Å². The summed E-state index contributed by atoms with van der Waals surface area (Å²) in [6, 6.07) is 1.97. The second kappa shape index (κ2) is 6.38. The number of carbonyl (C=O) groups is 1. The van der Waals surface area contributed by atoms with Crippen molar-refractivity contribution in [2.75, 3.05) is 29.1 Å². The van der Waals surface area contributed by atoms with Gasteiger partial charge in [-0.2, -0.15) is 22.9 Å². The highest BCUT2D eigenvalue weighted by molar-refractivity contribution is 7.81. The highest BCUT2D eigenvalue weighted by atomic mass is 32.1. The van der Waals surface area contributed by atoms with E-state index >= 15 is 0 Å². The zero-order valence-corrected chi connectivity index (χ0v) is 11.4. The molecule has 1 N–H and O–H groups in total. The SMILES string of the molecule is N#Cc1cnc(N2CCCCC2)nc1NC(=O)CS. The maximum absolute atomic E-state index is 11.4. The molecular weight excluding hydrogens is 262 g/mol. The second-order valence-corrected chi connectivity index (χ2v) is 4.61. The number of thiol groups is 1. The Labute approximate surface area is 117 Å². The first kappa shape index (κ1) is 13.6. The molecule has 7 heteroatoms. The Hall–Kier alpha value is -1.81. The fourth-order valence-corrected chi connectivity index (χ4v) is 2.05. The Morgan fingerprint density at radius 1 is 1.47 bits per heavy atom. The highest BCUT2D eigenvalue weighted by Gasteiger charge is 2.16. The molecule has 1 aliphatic heterocycles. The number of aromatic nitrogens is 2. The van der Waals surface area contributed by atoms with Crippen molar-refractivity contribution in [1.29, 1.82) is 5.26 Å². The highest BCUT2D eigenvalue weighted by Crippen LogP contribution is 2.19. The molecule has 6 nitrogen and oxygen atoms in total. The van der Waals surface area contributed by atoms with Crippen LogP contribution in [0, 0.1) is 11.3 Å². The van der Waals surface area contributed by atoms with Crippen molar-refractivity contribution in [3.05, 3.63) is 11.8 Å². The number of carbonyl (C=O) groups excluding carboxylic acids is 1. The van der Waals surface area contributed by atoms with E-state index in [0.717, 1.165) is 25.9 Å². The fraction of sp³-hybridized carbons (Fsp3) is 0.500. The lowest BCUT2D eigenvalue weighted by Gasteiger charge is -2.26. The molecule has 0 spiro atoms. The molecule has 0 radical (unpaired) electrons. The minimum absolute atomic E-state index is 0.0495. The van der Waals surface area contributed by atoms with Crippen molar-refractivity contribution in [1.82, 2.24) is 9.97 Å². The molecule has 1 aliphatic rings. The van der Waals surface area contributed by atoms with E-state index in [2.05, 4.69) is 32.8 Å². The zero-order chi connectivity index (χ0) is 13.7. The van der Waals surface area contributed by atoms with Gasteiger partial charge in [0.25, 0.3) is 0 Å². The van der Waals surface area contributed by atoms with E-state index in [1.165, 1.54) is 12.6 Å². The van der Waals surface area contributed by atoms with Crippen LogP contribution in [0.25, 0.3) is 0 Å². The lowest BCUT2D eigenvalue weighted by molar-refractivity contribution is -0.113. The van der Waals surface area contributed by atoms with Crippen molar-refractivity contribution in [3.63, 3.8) is 0 Å². The molecule has 1 saturated heterocycles. The molecule has 2 rings (SSSR count). The third kappa shape index (κ3) is 3.35. The maximum Gasteiger partial charge on any atom is 0.235 e. The molecule has 0 bridgehead atoms. The predicted octanol–water partition coefficient (Wildman–Crippen LogP) is 1.21. The molecule has 0 saturated carbocycles. The smallest absolute Gasteiger partial charge is 0.235 e. The number of nitrogens with zero attached hydrogens (tertiary/aromatic N) is 4. The van der Waals surface area contributed by atoms with Gasteiger partial charge in [0.05, 0.1) is 11.9 Å². The number of rotatable bonds is 3. The van der Waals surface area contributed by atoms with Crippen LogP contribution in [0.15, 0.2) is 6.20 Å². The Morgan fingerprint density at radius 2 is 2.21 bits per heavy atom. The van der Waals surface area contributed by atoms with Gasteiger partial charge in [0.2, 0.25) is 11.9 Å². The Morgan fingerprint density at radius 3 is 2.84 bits per heavy atom. The summed E-state index contributed by atoms with van der Waals surface area (Å²) >= 11 is 3.89. The van der Waals surface area contributed by atoms with Crippen LogP contribution in [-0.2, 0) is 4.79 Å². The lowest BCUT2D eigenvalue weighted by Crippen LogP contribution is -2.31. The molecule has 19 heavy (non-hydrogen) atoms. The number of amides is 1. The molecule has 1 fully saturated rings. The first-order valence-electron chi connectivity index (χ1n) is 6.17. The van der Waals surface area contributed by atoms with Gasteiger partial charge in [-0.15, -0.1) is 0 Å². The normalized spacial score (nSPS) is 14.8. The van der Waals surface area contributed by atoms with Gasteiger partial charge in [-0.05, 0) is 19.3 Å². The van der Waals surface area contributed by atoms with Crippen LogP contribution in [0.3, 0.4) is 0 Å². The van der Waals surface area contributed by atoms with Crippen LogP contribution in [-0.4, -0.2) is 34.7 Å². The van der Waals surface area contributed by atoms with Crippen LogP contribution in [0.1, 0.15) is 24.8 Å². The van der Waals surface area contributed by atoms with Gasteiger partial charge in [-0.25, -0.2) is 4.98 Å². The molecule has 0 aromatic carbocycles. The summed E-state index contributed by atoms with van der Waals surface area (Å²) in [6.07, 6.45) is 4.89. The fourth-order valence-electron chi connectivity index (χ4n) is 1.97. The van der Waals surface area contributed by atoms with Crippen molar-refractivity contribution in [2.45, 2.75) is 19.3 Å². The molecule has 100 valence electrons. The minimum Gasteiger partial charge on any atom is -0.341 e. The largest absolute Gasteiger partial charge is 0.341 e. The van der Waals surface area contributed by atoms with Crippen molar-refractivity contribution in [3.8, 4) is 6.07 Å². The van der Waals surface area contributed by atoms with Gasteiger partial charge >= 0.3 is 0 Å². The van der Waals surface area contributed by atoms with Crippen molar-refractivity contribution < 1.29 is 4.79 Å². The molecule has 2 heterocycles. The van der Waals surface area contributed by atoms with E-state index in [1.54, 1.807) is 0 Å². The van der Waals surface area contributed by atoms with Crippen LogP contribution in [0.4, 0.5) is 11.8 Å². The zero-order valence-electron chi connectivity index (χ0n) is 10.5. The summed E-state index contributed by atoms with van der Waals surface area (Å²) in [7, 11) is 0. The van der Waals surface area contributed by atoms with E-state index in [9.17, 15) is 4.79 Å². The summed E-state index contributed by atoms with van der Waals surface area (Å²) in [5.74, 6) is 0.585. The number of piperidine rings is 1. The summed E-state index contributed by atoms with van der Waals surface area (Å²) in [5.41, 5.74) is 0.260. The van der Waals surface area contributed by atoms with E-state index < -0.39 is 0 Å². The Balaban J connectivity index is 2.24. The Kier molecular flexibility index (Phi) is 4.58. The predicted molar refractivity (Wildman–Crippen MR) is 75.3 cm³/mol. The topological polar surface area (TPSA) is 81.9 Å². The maximum atomic E-state index is 11.4. The monoisotopic (exact) mass is 277 g/mol. The van der Waals surface area contributed by atoms with Crippen LogP contribution < -0.4 is 10.2 Å². The number of hydrogen-bond donors (Lipinski definition) is 2. The van der Waals surface area contributed by atoms with E-state index in [4.69, 9.17) is 5.26 Å². The van der Waals surface area contributed by atoms with Gasteiger partial charge in [-0.1, -0.05) is 0 Å². The molecule has 1 aromatic rings. The number of nitrogens with one attached hydrogen (secondary N) is 1. The summed E-state index contributed by atoms with van der Waals surface area (Å²) in [4.78, 5) is 21.9. The first-order chi connectivity index (χ1) is 9.24. The van der Waals surface area contributed by atoms with Gasteiger partial charge in [0, 0.05) is 13.1 Å². The average molecular weight is 277 g/mol. The molecule has 0 aliphatic carbocycles. The van der Waals surface area contributed by atoms with Gasteiger partial charge in [-0.3, -0.25) is 4.79 Å². The standard InChI is InChI=1S/C12H15N5OS/c13-6-9-7-14-12(17-4-2-1-3-5-17)16-11(9)15-10(18)8-19/h7,19H,1-5,8H2,(H,14,15,16,18). The second-order valence-electron chi connectivity index (χ2n) is 4.30. The summed E-state index contributed by atoms with van der Waals surface area (Å²) < 4.78 is 0. The quantitative estimate of drug-likeness (QED) is 0.811. The molecule has 1 aromatic heterocycles. The number of hydrogen-bond acceptors (Lipinski definition) is 6. The minimum atomic E-state index is -0.289. The van der Waals surface area contributed by atoms with Crippen molar-refractivity contribution >= 4 is 30.3 Å². The Bertz CT molecular complexity index is 507. The third-order valence-electron chi connectivity index (χ3n) is 2.94. The van der Waals surface area contributed by atoms with Crippen molar-refractivity contribution in [2.24, 2.45) is 0 Å². The van der Waals surface area contributed by atoms with Crippen LogP contribution in [0.5, 0.6) is 0 Å². The summed E-state index contributed by atoms with van der Waals surface area (Å²) in [6.45, 7) is 1.82. The van der Waals surface area contributed by atoms with E-state index in [1.807, 2.05) is 6.07 Å². The first-order valence-corrected chi connectivity index (χ1v) is 6.80. The molecule has 1 amide bonds. The van der Waals surface area contributed by atoms with E-state index in [-0.39, 0.29) is 23.0 Å². The molecule has 0 unspecified atom stereocenters. The van der Waals surface area contributed by atoms with Gasteiger partial charge in [0.1, 0.15) is 11.6 Å². The van der Waals surface area contributed by atoms with Gasteiger partial charge < -0.3 is 10.2 Å². The lowest BCUT2D eigenvalue weighted by atomic mass is 10.1. The average Bonchev–Trinajstić information content (AvgIpc) is 2.48.